The van der Waals surface area contributed by atoms with E-state index in [1.54, 1.807) is 0 Å². The molecule has 1 saturated heterocycles. The summed E-state index contributed by atoms with van der Waals surface area (Å²) in [4.78, 5) is 0. The molecule has 0 aliphatic carbocycles. The highest BCUT2D eigenvalue weighted by Gasteiger charge is 2.24. The third kappa shape index (κ3) is 5.31. The summed E-state index contributed by atoms with van der Waals surface area (Å²) in [7, 11) is 0. The van der Waals surface area contributed by atoms with Crippen LogP contribution in [0.1, 0.15) is 65.2 Å². The lowest BCUT2D eigenvalue weighted by molar-refractivity contribution is 0.0752. The van der Waals surface area contributed by atoms with Gasteiger partial charge in [0.25, 0.3) is 0 Å². The number of hydrogen-bond donors (Lipinski definition) is 1. The largest absolute Gasteiger partial charge is 0.377 e. The molecule has 1 aliphatic heterocycles. The van der Waals surface area contributed by atoms with Crippen LogP contribution in [0.2, 0.25) is 0 Å². The fourth-order valence-electron chi connectivity index (χ4n) is 2.57. The van der Waals surface area contributed by atoms with E-state index in [4.69, 9.17) is 4.74 Å². The van der Waals surface area contributed by atoms with Crippen molar-refractivity contribution in [3.63, 3.8) is 0 Å². The van der Waals surface area contributed by atoms with Gasteiger partial charge in [-0.15, -0.1) is 0 Å². The van der Waals surface area contributed by atoms with Crippen LogP contribution in [-0.4, -0.2) is 25.3 Å². The summed E-state index contributed by atoms with van der Waals surface area (Å²) in [6, 6.07) is 0.606. The number of ether oxygens (including phenoxy) is 1. The van der Waals surface area contributed by atoms with Gasteiger partial charge in [0.05, 0.1) is 6.10 Å². The van der Waals surface area contributed by atoms with Crippen LogP contribution in [0, 0.1) is 0 Å². The highest BCUT2D eigenvalue weighted by molar-refractivity contribution is 4.80. The Labute approximate surface area is 101 Å². The maximum absolute atomic E-state index is 5.78. The Hall–Kier alpha value is -0.0800. The third-order valence-corrected chi connectivity index (χ3v) is 3.50. The molecule has 0 spiro atoms. The Bertz CT molecular complexity index is 155. The zero-order chi connectivity index (χ0) is 11.6. The predicted molar refractivity (Wildman–Crippen MR) is 69.8 cm³/mol. The molecule has 2 atom stereocenters. The summed E-state index contributed by atoms with van der Waals surface area (Å²) >= 11 is 0. The number of unbranched alkanes of at least 4 members (excludes halogenated alkanes) is 4. The van der Waals surface area contributed by atoms with Crippen LogP contribution < -0.4 is 5.32 Å². The van der Waals surface area contributed by atoms with Crippen molar-refractivity contribution < 1.29 is 4.74 Å². The summed E-state index contributed by atoms with van der Waals surface area (Å²) in [5.74, 6) is 0. The topological polar surface area (TPSA) is 21.3 Å². The van der Waals surface area contributed by atoms with Crippen LogP contribution in [0.5, 0.6) is 0 Å². The summed E-state index contributed by atoms with van der Waals surface area (Å²) in [6.45, 7) is 6.51. The van der Waals surface area contributed by atoms with Gasteiger partial charge in [0.1, 0.15) is 0 Å². The normalized spacial score (nSPS) is 22.5. The monoisotopic (exact) mass is 227 g/mol. The molecular formula is C14H29NO. The van der Waals surface area contributed by atoms with E-state index in [0.29, 0.717) is 12.1 Å². The molecule has 1 aliphatic rings. The molecule has 0 aromatic rings. The predicted octanol–water partition coefficient (Wildman–Crippen LogP) is 3.50. The first kappa shape index (κ1) is 14.0. The fraction of sp³-hybridized carbons (Fsp3) is 1.00. The molecule has 0 aromatic heterocycles. The Kier molecular flexibility index (Phi) is 7.87. The lowest BCUT2D eigenvalue weighted by atomic mass is 10.0. The van der Waals surface area contributed by atoms with Gasteiger partial charge < -0.3 is 10.1 Å². The highest BCUT2D eigenvalue weighted by Crippen LogP contribution is 2.19. The van der Waals surface area contributed by atoms with Gasteiger partial charge in [0.2, 0.25) is 0 Å². The molecular weight excluding hydrogens is 198 g/mol. The van der Waals surface area contributed by atoms with Crippen molar-refractivity contribution >= 4 is 0 Å². The molecule has 0 saturated carbocycles. The standard InChI is InChI=1S/C14H29NO/c1-3-5-6-7-8-10-13(15-4-2)14-11-9-12-16-14/h13-15H,3-12H2,1-2H3. The Morgan fingerprint density at radius 3 is 2.62 bits per heavy atom. The van der Waals surface area contributed by atoms with Gasteiger partial charge in [-0.3, -0.25) is 0 Å². The quantitative estimate of drug-likeness (QED) is 0.609. The first-order valence-corrected chi connectivity index (χ1v) is 7.23. The van der Waals surface area contributed by atoms with Gasteiger partial charge >= 0.3 is 0 Å². The summed E-state index contributed by atoms with van der Waals surface area (Å²) in [5, 5.41) is 3.59. The molecule has 1 N–H and O–H groups in total. The second-order valence-corrected chi connectivity index (χ2v) is 4.92. The van der Waals surface area contributed by atoms with Crippen LogP contribution in [0.3, 0.4) is 0 Å². The second kappa shape index (κ2) is 9.00. The van der Waals surface area contributed by atoms with Crippen molar-refractivity contribution in [1.29, 1.82) is 0 Å². The van der Waals surface area contributed by atoms with E-state index in [2.05, 4.69) is 19.2 Å². The number of nitrogens with one attached hydrogen (secondary N) is 1. The zero-order valence-corrected chi connectivity index (χ0v) is 11.1. The van der Waals surface area contributed by atoms with Crippen molar-refractivity contribution in [3.05, 3.63) is 0 Å². The average molecular weight is 227 g/mol. The number of rotatable bonds is 9. The molecule has 2 unspecified atom stereocenters. The van der Waals surface area contributed by atoms with Crippen molar-refractivity contribution in [1.82, 2.24) is 5.32 Å². The molecule has 0 amide bonds. The van der Waals surface area contributed by atoms with Gasteiger partial charge in [0.15, 0.2) is 0 Å². The minimum Gasteiger partial charge on any atom is -0.377 e. The average Bonchev–Trinajstić information content (AvgIpc) is 2.81. The molecule has 16 heavy (non-hydrogen) atoms. The maximum Gasteiger partial charge on any atom is 0.0728 e. The molecule has 0 aromatic carbocycles. The second-order valence-electron chi connectivity index (χ2n) is 4.92. The lowest BCUT2D eigenvalue weighted by Gasteiger charge is -2.23. The first-order chi connectivity index (χ1) is 7.88. The van der Waals surface area contributed by atoms with Crippen LogP contribution >= 0.6 is 0 Å². The minimum atomic E-state index is 0.492. The highest BCUT2D eigenvalue weighted by atomic mass is 16.5. The SMILES string of the molecule is CCCCCCCC(NCC)C1CCCO1. The Morgan fingerprint density at radius 1 is 1.19 bits per heavy atom. The smallest absolute Gasteiger partial charge is 0.0728 e. The minimum absolute atomic E-state index is 0.492. The molecule has 1 fully saturated rings. The fourth-order valence-corrected chi connectivity index (χ4v) is 2.57. The van der Waals surface area contributed by atoms with E-state index in [1.807, 2.05) is 0 Å². The van der Waals surface area contributed by atoms with Crippen molar-refractivity contribution in [2.75, 3.05) is 13.2 Å². The molecule has 2 heteroatoms. The van der Waals surface area contributed by atoms with Crippen molar-refractivity contribution in [3.8, 4) is 0 Å². The zero-order valence-electron chi connectivity index (χ0n) is 11.1. The van der Waals surface area contributed by atoms with E-state index in [1.165, 1.54) is 51.4 Å². The summed E-state index contributed by atoms with van der Waals surface area (Å²) in [6.07, 6.45) is 11.2. The van der Waals surface area contributed by atoms with Gasteiger partial charge in [0, 0.05) is 12.6 Å². The van der Waals surface area contributed by atoms with Crippen LogP contribution in [-0.2, 0) is 4.74 Å². The van der Waals surface area contributed by atoms with Gasteiger partial charge in [-0.1, -0.05) is 46.0 Å². The van der Waals surface area contributed by atoms with Crippen molar-refractivity contribution in [2.24, 2.45) is 0 Å². The Balaban J connectivity index is 2.12. The summed E-state index contributed by atoms with van der Waals surface area (Å²) < 4.78 is 5.78. The molecule has 1 rings (SSSR count). The van der Waals surface area contributed by atoms with Gasteiger partial charge in [-0.2, -0.15) is 0 Å². The van der Waals surface area contributed by atoms with E-state index in [0.717, 1.165) is 13.2 Å². The van der Waals surface area contributed by atoms with E-state index < -0.39 is 0 Å². The molecule has 96 valence electrons. The Morgan fingerprint density at radius 2 is 2.00 bits per heavy atom. The number of hydrogen-bond acceptors (Lipinski definition) is 2. The van der Waals surface area contributed by atoms with E-state index in [9.17, 15) is 0 Å². The van der Waals surface area contributed by atoms with E-state index in [-0.39, 0.29) is 0 Å². The van der Waals surface area contributed by atoms with E-state index >= 15 is 0 Å². The third-order valence-electron chi connectivity index (χ3n) is 3.50. The van der Waals surface area contributed by atoms with Gasteiger partial charge in [-0.05, 0) is 25.8 Å². The molecule has 1 heterocycles. The maximum atomic E-state index is 5.78. The van der Waals surface area contributed by atoms with Crippen molar-refractivity contribution in [2.45, 2.75) is 77.4 Å². The van der Waals surface area contributed by atoms with Crippen LogP contribution in [0.15, 0.2) is 0 Å². The lowest BCUT2D eigenvalue weighted by Crippen LogP contribution is -2.39. The first-order valence-electron chi connectivity index (χ1n) is 7.23. The van der Waals surface area contributed by atoms with Crippen LogP contribution in [0.25, 0.3) is 0 Å². The van der Waals surface area contributed by atoms with Gasteiger partial charge in [-0.25, -0.2) is 0 Å². The number of likely N-dealkylation sites (N-methyl/N-ethyl adjacent to an activating group) is 1. The molecule has 0 radical (unpaired) electrons. The van der Waals surface area contributed by atoms with Crippen LogP contribution in [0.4, 0.5) is 0 Å². The summed E-state index contributed by atoms with van der Waals surface area (Å²) in [5.41, 5.74) is 0. The molecule has 2 nitrogen and oxygen atoms in total. The molecule has 0 bridgehead atoms.